The maximum absolute atomic E-state index is 13.0. The van der Waals surface area contributed by atoms with E-state index < -0.39 is 74.2 Å². The predicted octanol–water partition coefficient (Wildman–Crippen LogP) is 6.11. The fourth-order valence-corrected chi connectivity index (χ4v) is 6.91. The molecule has 0 aromatic rings. The zero-order valence-electron chi connectivity index (χ0n) is 33.5. The van der Waals surface area contributed by atoms with Crippen LogP contribution in [0.3, 0.4) is 0 Å². The van der Waals surface area contributed by atoms with Crippen molar-refractivity contribution >= 4 is 5.91 Å². The van der Waals surface area contributed by atoms with Gasteiger partial charge in [-0.05, 0) is 38.5 Å². The third-order valence-corrected chi connectivity index (χ3v) is 10.6. The minimum Gasteiger partial charge on any atom is -0.394 e. The van der Waals surface area contributed by atoms with Gasteiger partial charge in [0.25, 0.3) is 0 Å². The number of unbranched alkanes of at least 4 members (excludes halogenated alkanes) is 21. The topological polar surface area (TPSA) is 189 Å². The Morgan fingerprint density at radius 3 is 1.62 bits per heavy atom. The summed E-state index contributed by atoms with van der Waals surface area (Å²) in [6, 6.07) is -1.18. The number of ether oxygens (including phenoxy) is 2. The van der Waals surface area contributed by atoms with Crippen molar-refractivity contribution in [2.24, 2.45) is 0 Å². The minimum atomic E-state index is -1.66. The third kappa shape index (κ3) is 23.5. The van der Waals surface area contributed by atoms with Crippen LogP contribution in [0.4, 0.5) is 0 Å². The van der Waals surface area contributed by atoms with Crippen LogP contribution in [-0.4, -0.2) is 110 Å². The lowest BCUT2D eigenvalue weighted by Crippen LogP contribution is -2.60. The second kappa shape index (κ2) is 33.0. The Morgan fingerprint density at radius 1 is 0.642 bits per heavy atom. The normalized spacial score (nSPS) is 22.9. The highest BCUT2D eigenvalue weighted by molar-refractivity contribution is 5.80. The van der Waals surface area contributed by atoms with Gasteiger partial charge in [-0.1, -0.05) is 154 Å². The van der Waals surface area contributed by atoms with Crippen LogP contribution < -0.4 is 5.32 Å². The Balaban J connectivity index is 2.52. The molecular formula is C42H81NO10. The number of carbonyl (C=O) groups excluding carboxylic acids is 1. The van der Waals surface area contributed by atoms with Gasteiger partial charge in [0.1, 0.15) is 36.6 Å². The molecule has 9 atom stereocenters. The summed E-state index contributed by atoms with van der Waals surface area (Å²) in [5.74, 6) is -0.707. The highest BCUT2D eigenvalue weighted by atomic mass is 16.7. The Labute approximate surface area is 322 Å². The molecule has 1 aliphatic rings. The fraction of sp³-hybridized carbons (Fsp3) is 0.929. The molecule has 11 nitrogen and oxygen atoms in total. The van der Waals surface area contributed by atoms with Gasteiger partial charge in [0.15, 0.2) is 6.29 Å². The van der Waals surface area contributed by atoms with Gasteiger partial charge in [-0.25, -0.2) is 0 Å². The fourth-order valence-electron chi connectivity index (χ4n) is 6.91. The van der Waals surface area contributed by atoms with Gasteiger partial charge in [-0.3, -0.25) is 4.79 Å². The summed E-state index contributed by atoms with van der Waals surface area (Å²) in [5.41, 5.74) is 0. The van der Waals surface area contributed by atoms with E-state index in [1.807, 2.05) is 0 Å². The summed E-state index contributed by atoms with van der Waals surface area (Å²) in [6.07, 6.45) is 21.2. The number of amides is 1. The van der Waals surface area contributed by atoms with Crippen molar-refractivity contribution < 1.29 is 50.0 Å². The molecular weight excluding hydrogens is 678 g/mol. The van der Waals surface area contributed by atoms with Crippen LogP contribution in [0.15, 0.2) is 12.2 Å². The maximum atomic E-state index is 13.0. The summed E-state index contributed by atoms with van der Waals surface area (Å²) in [7, 11) is 0. The smallest absolute Gasteiger partial charge is 0.249 e. The first kappa shape index (κ1) is 49.9. The summed E-state index contributed by atoms with van der Waals surface area (Å²) in [5, 5.41) is 75.4. The molecule has 314 valence electrons. The van der Waals surface area contributed by atoms with Gasteiger partial charge in [0.05, 0.1) is 25.4 Å². The van der Waals surface area contributed by atoms with Gasteiger partial charge < -0.3 is 50.5 Å². The van der Waals surface area contributed by atoms with Crippen molar-refractivity contribution in [3.8, 4) is 0 Å². The van der Waals surface area contributed by atoms with Crippen LogP contribution in [0, 0.1) is 0 Å². The zero-order chi connectivity index (χ0) is 39.1. The number of hydrogen-bond acceptors (Lipinski definition) is 10. The van der Waals surface area contributed by atoms with E-state index >= 15 is 0 Å². The molecule has 2 unspecified atom stereocenters. The Kier molecular flexibility index (Phi) is 31.1. The molecule has 11 heteroatoms. The molecule has 0 bridgehead atoms. The van der Waals surface area contributed by atoms with E-state index in [1.54, 1.807) is 0 Å². The summed E-state index contributed by atoms with van der Waals surface area (Å²) in [6.45, 7) is 3.39. The van der Waals surface area contributed by atoms with Crippen molar-refractivity contribution in [3.05, 3.63) is 12.2 Å². The number of hydrogen-bond donors (Lipinski definition) is 8. The molecule has 0 aliphatic carbocycles. The molecule has 1 saturated heterocycles. The summed E-state index contributed by atoms with van der Waals surface area (Å²) >= 11 is 0. The van der Waals surface area contributed by atoms with Gasteiger partial charge in [-0.15, -0.1) is 0 Å². The van der Waals surface area contributed by atoms with E-state index in [2.05, 4.69) is 31.3 Å². The maximum Gasteiger partial charge on any atom is 0.249 e. The Bertz CT molecular complexity index is 877. The largest absolute Gasteiger partial charge is 0.394 e. The van der Waals surface area contributed by atoms with E-state index in [1.165, 1.54) is 103 Å². The second-order valence-corrected chi connectivity index (χ2v) is 15.4. The van der Waals surface area contributed by atoms with Crippen LogP contribution >= 0.6 is 0 Å². The molecule has 1 heterocycles. The van der Waals surface area contributed by atoms with Crippen molar-refractivity contribution in [2.75, 3.05) is 13.2 Å². The molecule has 1 aliphatic heterocycles. The first-order valence-corrected chi connectivity index (χ1v) is 21.6. The SMILES string of the molecule is CCCCCCCCC/C=C\CCC[C@@H](O)[C@@H](O)[C@H](CO[C@@H]1O[C@H](CO)[C@@H](O)C(O)C1O)NC(=O)[C@H](O)CCCCCCCCCCCCCCCC. The number of allylic oxidation sites excluding steroid dienone is 2. The summed E-state index contributed by atoms with van der Waals surface area (Å²) in [4.78, 5) is 13.0. The first-order valence-electron chi connectivity index (χ1n) is 21.6. The van der Waals surface area contributed by atoms with Gasteiger partial charge in [-0.2, -0.15) is 0 Å². The number of rotatable bonds is 35. The van der Waals surface area contributed by atoms with Crippen LogP contribution in [0.25, 0.3) is 0 Å². The van der Waals surface area contributed by atoms with E-state index in [0.717, 1.165) is 38.5 Å². The molecule has 0 spiro atoms. The van der Waals surface area contributed by atoms with Gasteiger partial charge in [0, 0.05) is 0 Å². The number of aliphatic hydroxyl groups excluding tert-OH is 7. The highest BCUT2D eigenvalue weighted by Gasteiger charge is 2.44. The van der Waals surface area contributed by atoms with Gasteiger partial charge >= 0.3 is 0 Å². The lowest BCUT2D eigenvalue weighted by Gasteiger charge is -2.40. The van der Waals surface area contributed by atoms with Crippen molar-refractivity contribution in [3.63, 3.8) is 0 Å². The lowest BCUT2D eigenvalue weighted by atomic mass is 9.98. The molecule has 0 aromatic carbocycles. The molecule has 1 rings (SSSR count). The van der Waals surface area contributed by atoms with E-state index in [-0.39, 0.29) is 12.8 Å². The molecule has 0 radical (unpaired) electrons. The second-order valence-electron chi connectivity index (χ2n) is 15.4. The quantitative estimate of drug-likeness (QED) is 0.0277. The number of carbonyl (C=O) groups is 1. The zero-order valence-corrected chi connectivity index (χ0v) is 33.5. The standard InChI is InChI=1S/C42H81NO10/c1-3-5-7-9-11-13-15-17-18-20-22-24-26-28-30-35(46)41(51)43-33(32-52-42-40(50)39(49)38(48)36(31-44)53-42)37(47)34(45)29-27-25-23-21-19-16-14-12-10-8-6-4-2/h21,23,33-40,42,44-50H,3-20,22,24-32H2,1-2H3,(H,43,51)/b23-21-/t33-,34+,35+,36+,37-,38+,39?,40?,42+/m0/s1. The Morgan fingerprint density at radius 2 is 1.11 bits per heavy atom. The predicted molar refractivity (Wildman–Crippen MR) is 210 cm³/mol. The number of aliphatic hydroxyl groups is 7. The van der Waals surface area contributed by atoms with Crippen molar-refractivity contribution in [1.29, 1.82) is 0 Å². The van der Waals surface area contributed by atoms with E-state index in [4.69, 9.17) is 9.47 Å². The van der Waals surface area contributed by atoms with Crippen LogP contribution in [0.2, 0.25) is 0 Å². The van der Waals surface area contributed by atoms with Crippen LogP contribution in [0.5, 0.6) is 0 Å². The Hall–Kier alpha value is -1.15. The molecule has 1 amide bonds. The lowest BCUT2D eigenvalue weighted by molar-refractivity contribution is -0.303. The van der Waals surface area contributed by atoms with Crippen molar-refractivity contribution in [1.82, 2.24) is 5.32 Å². The molecule has 1 fully saturated rings. The minimum absolute atomic E-state index is 0.258. The average molecular weight is 760 g/mol. The monoisotopic (exact) mass is 760 g/mol. The molecule has 0 saturated carbocycles. The molecule has 0 aromatic heterocycles. The summed E-state index contributed by atoms with van der Waals surface area (Å²) < 4.78 is 11.0. The van der Waals surface area contributed by atoms with Crippen LogP contribution in [-0.2, 0) is 14.3 Å². The highest BCUT2D eigenvalue weighted by Crippen LogP contribution is 2.23. The third-order valence-electron chi connectivity index (χ3n) is 10.6. The molecule has 8 N–H and O–H groups in total. The van der Waals surface area contributed by atoms with Gasteiger partial charge in [0.2, 0.25) is 5.91 Å². The van der Waals surface area contributed by atoms with E-state index in [9.17, 15) is 40.5 Å². The first-order chi connectivity index (χ1) is 25.7. The average Bonchev–Trinajstić information content (AvgIpc) is 3.16. The molecule has 53 heavy (non-hydrogen) atoms. The number of nitrogens with one attached hydrogen (secondary N) is 1. The van der Waals surface area contributed by atoms with Crippen LogP contribution in [0.1, 0.15) is 181 Å². The van der Waals surface area contributed by atoms with Crippen molar-refractivity contribution in [2.45, 2.75) is 236 Å². The van der Waals surface area contributed by atoms with E-state index in [0.29, 0.717) is 12.8 Å².